The minimum atomic E-state index is -0.305. The van der Waals surface area contributed by atoms with Gasteiger partial charge in [-0.15, -0.1) is 0 Å². The molecule has 112 valence electrons. The summed E-state index contributed by atoms with van der Waals surface area (Å²) in [4.78, 5) is 1.99. The van der Waals surface area contributed by atoms with Crippen molar-refractivity contribution in [3.8, 4) is 0 Å². The molecule has 0 unspecified atom stereocenters. The molecule has 0 spiro atoms. The number of benzene rings is 1. The molecule has 0 radical (unpaired) electrons. The van der Waals surface area contributed by atoms with Crippen molar-refractivity contribution in [3.05, 3.63) is 33.8 Å². The van der Waals surface area contributed by atoms with E-state index in [0.29, 0.717) is 35.5 Å². The predicted molar refractivity (Wildman–Crippen MR) is 80.8 cm³/mol. The molecule has 1 aromatic heterocycles. The van der Waals surface area contributed by atoms with Gasteiger partial charge in [0.2, 0.25) is 5.95 Å². The van der Waals surface area contributed by atoms with Gasteiger partial charge in [-0.2, -0.15) is 0 Å². The van der Waals surface area contributed by atoms with E-state index in [2.05, 4.69) is 15.5 Å². The number of aryl methyl sites for hydroxylation is 2. The number of anilines is 1. The molecule has 1 N–H and O–H groups in total. The molecule has 2 aromatic rings. The summed E-state index contributed by atoms with van der Waals surface area (Å²) in [5, 5.41) is 22.7. The lowest BCUT2D eigenvalue weighted by atomic mass is 10.1. The maximum atomic E-state index is 9.61. The van der Waals surface area contributed by atoms with Gasteiger partial charge in [-0.05, 0) is 41.0 Å². The molecular weight excluding hydrogens is 313 g/mol. The molecule has 1 fully saturated rings. The average Bonchev–Trinajstić information content (AvgIpc) is 3.06. The molecule has 2 heterocycles. The van der Waals surface area contributed by atoms with Crippen LogP contribution in [0.5, 0.6) is 0 Å². The van der Waals surface area contributed by atoms with Gasteiger partial charge in [0.1, 0.15) is 0 Å². The molecule has 8 heteroatoms. The highest BCUT2D eigenvalue weighted by Crippen LogP contribution is 2.22. The fraction of sp³-hybridized carbons (Fsp3) is 0.462. The average molecular weight is 328 g/mol. The number of rotatable bonds is 4. The van der Waals surface area contributed by atoms with Crippen LogP contribution in [0.2, 0.25) is 10.0 Å². The van der Waals surface area contributed by atoms with Gasteiger partial charge in [0.05, 0.1) is 12.6 Å². The van der Waals surface area contributed by atoms with Crippen LogP contribution < -0.4 is 4.90 Å². The molecule has 0 aliphatic carbocycles. The summed E-state index contributed by atoms with van der Waals surface area (Å²) in [6, 6.07) is 5.46. The van der Waals surface area contributed by atoms with Crippen molar-refractivity contribution in [2.24, 2.45) is 0 Å². The van der Waals surface area contributed by atoms with E-state index in [-0.39, 0.29) is 6.10 Å². The van der Waals surface area contributed by atoms with Crippen LogP contribution in [0.1, 0.15) is 12.0 Å². The number of nitrogens with zero attached hydrogens (tertiary/aromatic N) is 5. The number of aliphatic hydroxyl groups excluding tert-OH is 1. The summed E-state index contributed by atoms with van der Waals surface area (Å²) in [6.07, 6.45) is 1.15. The Labute approximate surface area is 132 Å². The van der Waals surface area contributed by atoms with E-state index in [9.17, 15) is 5.11 Å². The summed E-state index contributed by atoms with van der Waals surface area (Å²) in [5.41, 5.74) is 1.00. The van der Waals surface area contributed by atoms with E-state index >= 15 is 0 Å². The molecule has 0 bridgehead atoms. The normalized spacial score (nSPS) is 18.4. The van der Waals surface area contributed by atoms with Crippen molar-refractivity contribution in [2.75, 3.05) is 18.0 Å². The smallest absolute Gasteiger partial charge is 0.245 e. The second kappa shape index (κ2) is 6.17. The zero-order valence-electron chi connectivity index (χ0n) is 11.3. The molecule has 1 saturated heterocycles. The van der Waals surface area contributed by atoms with Gasteiger partial charge in [-0.1, -0.05) is 34.4 Å². The number of hydrogen-bond donors (Lipinski definition) is 1. The van der Waals surface area contributed by atoms with Crippen molar-refractivity contribution in [1.82, 2.24) is 20.2 Å². The molecule has 0 saturated carbocycles. The lowest BCUT2D eigenvalue weighted by Crippen LogP contribution is -2.25. The molecule has 1 aromatic carbocycles. The van der Waals surface area contributed by atoms with Crippen molar-refractivity contribution < 1.29 is 5.11 Å². The van der Waals surface area contributed by atoms with E-state index < -0.39 is 0 Å². The van der Waals surface area contributed by atoms with Gasteiger partial charge in [-0.3, -0.25) is 0 Å². The van der Waals surface area contributed by atoms with Crippen LogP contribution in [0.3, 0.4) is 0 Å². The van der Waals surface area contributed by atoms with Crippen molar-refractivity contribution in [1.29, 1.82) is 0 Å². The number of halogens is 2. The van der Waals surface area contributed by atoms with Crippen LogP contribution >= 0.6 is 23.2 Å². The Morgan fingerprint density at radius 2 is 2.19 bits per heavy atom. The second-order valence-electron chi connectivity index (χ2n) is 5.08. The Kier molecular flexibility index (Phi) is 4.28. The first-order chi connectivity index (χ1) is 10.1. The van der Waals surface area contributed by atoms with E-state index in [1.807, 2.05) is 17.0 Å². The van der Waals surface area contributed by atoms with Gasteiger partial charge >= 0.3 is 0 Å². The van der Waals surface area contributed by atoms with Crippen LogP contribution in [0.25, 0.3) is 0 Å². The standard InChI is InChI=1S/C13H15Cl2N5O/c14-10-2-1-9(12(15)7-10)3-6-20-13(16-17-18-20)19-5-4-11(21)8-19/h1-2,7,11,21H,3-6,8H2/t11-/m0/s1. The van der Waals surface area contributed by atoms with Gasteiger partial charge < -0.3 is 10.0 Å². The largest absolute Gasteiger partial charge is 0.391 e. The topological polar surface area (TPSA) is 67.1 Å². The van der Waals surface area contributed by atoms with Gasteiger partial charge in [0.25, 0.3) is 0 Å². The third kappa shape index (κ3) is 3.28. The first-order valence-electron chi connectivity index (χ1n) is 6.76. The van der Waals surface area contributed by atoms with E-state index in [0.717, 1.165) is 18.5 Å². The van der Waals surface area contributed by atoms with Crippen molar-refractivity contribution in [2.45, 2.75) is 25.5 Å². The summed E-state index contributed by atoms with van der Waals surface area (Å²) in [5.74, 6) is 0.691. The zero-order chi connectivity index (χ0) is 14.8. The number of β-amino-alcohol motifs (C(OH)–C–C–N with tert-alkyl or cyclic N) is 1. The second-order valence-corrected chi connectivity index (χ2v) is 5.92. The Hall–Kier alpha value is -1.37. The SMILES string of the molecule is O[C@H]1CCN(c2nnnn2CCc2ccc(Cl)cc2Cl)C1. The highest BCUT2D eigenvalue weighted by molar-refractivity contribution is 6.35. The summed E-state index contributed by atoms with van der Waals surface area (Å²) >= 11 is 12.1. The first kappa shape index (κ1) is 14.6. The maximum absolute atomic E-state index is 9.61. The lowest BCUT2D eigenvalue weighted by Gasteiger charge is -2.16. The van der Waals surface area contributed by atoms with Crippen LogP contribution in [0, 0.1) is 0 Å². The van der Waals surface area contributed by atoms with Gasteiger partial charge in [-0.25, -0.2) is 4.68 Å². The molecule has 3 rings (SSSR count). The summed E-state index contributed by atoms with van der Waals surface area (Å²) in [6.45, 7) is 1.96. The number of tetrazole rings is 1. The lowest BCUT2D eigenvalue weighted by molar-refractivity contribution is 0.198. The summed E-state index contributed by atoms with van der Waals surface area (Å²) < 4.78 is 1.74. The number of aliphatic hydroxyl groups is 1. The van der Waals surface area contributed by atoms with Gasteiger partial charge in [0, 0.05) is 23.1 Å². The minimum Gasteiger partial charge on any atom is -0.391 e. The quantitative estimate of drug-likeness (QED) is 0.927. The fourth-order valence-corrected chi connectivity index (χ4v) is 2.95. The first-order valence-corrected chi connectivity index (χ1v) is 7.52. The van der Waals surface area contributed by atoms with E-state index in [1.165, 1.54) is 0 Å². The Bertz CT molecular complexity index is 633. The van der Waals surface area contributed by atoms with Crippen LogP contribution in [0.15, 0.2) is 18.2 Å². The Balaban J connectivity index is 1.70. The van der Waals surface area contributed by atoms with Gasteiger partial charge in [0.15, 0.2) is 0 Å². The van der Waals surface area contributed by atoms with Crippen LogP contribution in [-0.4, -0.2) is 44.5 Å². The predicted octanol–water partition coefficient (Wildman–Crippen LogP) is 1.79. The number of aromatic nitrogens is 4. The van der Waals surface area contributed by atoms with E-state index in [4.69, 9.17) is 23.2 Å². The third-order valence-corrected chi connectivity index (χ3v) is 4.15. The maximum Gasteiger partial charge on any atom is 0.245 e. The van der Waals surface area contributed by atoms with Crippen LogP contribution in [0.4, 0.5) is 5.95 Å². The highest BCUT2D eigenvalue weighted by Gasteiger charge is 2.24. The van der Waals surface area contributed by atoms with E-state index in [1.54, 1.807) is 10.7 Å². The number of hydrogen-bond acceptors (Lipinski definition) is 5. The third-order valence-electron chi connectivity index (χ3n) is 3.57. The minimum absolute atomic E-state index is 0.305. The molecule has 1 aliphatic heterocycles. The summed E-state index contributed by atoms with van der Waals surface area (Å²) in [7, 11) is 0. The highest BCUT2D eigenvalue weighted by atomic mass is 35.5. The molecular formula is C13H15Cl2N5O. The Morgan fingerprint density at radius 3 is 2.90 bits per heavy atom. The monoisotopic (exact) mass is 327 g/mol. The van der Waals surface area contributed by atoms with Crippen molar-refractivity contribution >= 4 is 29.2 Å². The molecule has 1 aliphatic rings. The molecule has 6 nitrogen and oxygen atoms in total. The molecule has 0 amide bonds. The van der Waals surface area contributed by atoms with Crippen LogP contribution in [-0.2, 0) is 13.0 Å². The molecule has 1 atom stereocenters. The van der Waals surface area contributed by atoms with Crippen molar-refractivity contribution in [3.63, 3.8) is 0 Å². The Morgan fingerprint density at radius 1 is 1.33 bits per heavy atom. The zero-order valence-corrected chi connectivity index (χ0v) is 12.8. The molecule has 21 heavy (non-hydrogen) atoms. The fourth-order valence-electron chi connectivity index (χ4n) is 2.45.